The summed E-state index contributed by atoms with van der Waals surface area (Å²) in [5.74, 6) is -0.722. The predicted octanol–water partition coefficient (Wildman–Crippen LogP) is 3.89. The highest BCUT2D eigenvalue weighted by Crippen LogP contribution is 2.27. The number of nitrogens with zero attached hydrogens (tertiary/aromatic N) is 2. The lowest BCUT2D eigenvalue weighted by atomic mass is 10.1. The van der Waals surface area contributed by atoms with Crippen LogP contribution in [0.15, 0.2) is 48.5 Å². The molecule has 0 aromatic heterocycles. The molecule has 2 aromatic rings. The van der Waals surface area contributed by atoms with E-state index in [9.17, 15) is 18.0 Å². The third-order valence-electron chi connectivity index (χ3n) is 6.27. The minimum atomic E-state index is -3.81. The number of rotatable bonds is 9. The van der Waals surface area contributed by atoms with E-state index in [4.69, 9.17) is 11.6 Å². The molecule has 1 N–H and O–H groups in total. The Labute approximate surface area is 207 Å². The number of sulfonamides is 1. The van der Waals surface area contributed by atoms with Gasteiger partial charge in [-0.15, -0.1) is 0 Å². The van der Waals surface area contributed by atoms with E-state index in [1.165, 1.54) is 4.90 Å². The van der Waals surface area contributed by atoms with Crippen molar-refractivity contribution in [3.05, 3.63) is 64.7 Å². The first-order valence-corrected chi connectivity index (χ1v) is 13.7. The minimum Gasteiger partial charge on any atom is -0.352 e. The van der Waals surface area contributed by atoms with Crippen molar-refractivity contribution >= 4 is 39.1 Å². The topological polar surface area (TPSA) is 86.8 Å². The van der Waals surface area contributed by atoms with Crippen molar-refractivity contribution in [2.75, 3.05) is 17.1 Å². The van der Waals surface area contributed by atoms with Crippen LogP contribution in [-0.2, 0) is 26.2 Å². The zero-order valence-corrected chi connectivity index (χ0v) is 21.4. The van der Waals surface area contributed by atoms with Gasteiger partial charge in [-0.25, -0.2) is 8.42 Å². The smallest absolute Gasteiger partial charge is 0.244 e. The molecule has 2 aromatic carbocycles. The van der Waals surface area contributed by atoms with Crippen LogP contribution in [0.25, 0.3) is 0 Å². The molecule has 2 amide bonds. The van der Waals surface area contributed by atoms with Crippen molar-refractivity contribution in [3.63, 3.8) is 0 Å². The van der Waals surface area contributed by atoms with Crippen LogP contribution in [0.1, 0.15) is 43.7 Å². The molecule has 184 valence electrons. The molecule has 1 saturated carbocycles. The van der Waals surface area contributed by atoms with E-state index < -0.39 is 28.5 Å². The molecule has 0 spiro atoms. The van der Waals surface area contributed by atoms with Crippen molar-refractivity contribution in [1.29, 1.82) is 0 Å². The highest BCUT2D eigenvalue weighted by molar-refractivity contribution is 7.92. The van der Waals surface area contributed by atoms with E-state index in [-0.39, 0.29) is 29.2 Å². The molecule has 1 aliphatic rings. The average molecular weight is 506 g/mol. The average Bonchev–Trinajstić information content (AvgIpc) is 3.29. The van der Waals surface area contributed by atoms with Gasteiger partial charge in [0.1, 0.15) is 12.6 Å². The molecule has 1 atom stereocenters. The molecule has 34 heavy (non-hydrogen) atoms. The number of amides is 2. The molecule has 1 aliphatic carbocycles. The summed E-state index contributed by atoms with van der Waals surface area (Å²) >= 11 is 6.25. The Hall–Kier alpha value is -2.58. The van der Waals surface area contributed by atoms with Crippen LogP contribution in [-0.4, -0.2) is 50.0 Å². The second-order valence-electron chi connectivity index (χ2n) is 8.84. The van der Waals surface area contributed by atoms with E-state index in [1.807, 2.05) is 31.2 Å². The molecule has 7 nitrogen and oxygen atoms in total. The van der Waals surface area contributed by atoms with Gasteiger partial charge in [0.25, 0.3) is 0 Å². The van der Waals surface area contributed by atoms with E-state index >= 15 is 0 Å². The second kappa shape index (κ2) is 11.2. The standard InChI is InChI=1S/C25H32ClN3O4S/c1-18-10-4-5-11-20(18)16-28(19(2)25(31)27-21-12-6-7-13-21)24(30)17-29(34(3,32)33)23-15-9-8-14-22(23)26/h4-5,8-11,14-15,19,21H,6-7,12-13,16-17H2,1-3H3,(H,27,31)/t19-/m0/s1. The largest absolute Gasteiger partial charge is 0.352 e. The van der Waals surface area contributed by atoms with Crippen LogP contribution in [0.2, 0.25) is 5.02 Å². The SMILES string of the molecule is Cc1ccccc1CN(C(=O)CN(c1ccccc1Cl)S(C)(=O)=O)[C@@H](C)C(=O)NC1CCCC1. The number of benzene rings is 2. The van der Waals surface area contributed by atoms with Crippen LogP contribution < -0.4 is 9.62 Å². The third-order valence-corrected chi connectivity index (χ3v) is 7.72. The molecule has 0 unspecified atom stereocenters. The van der Waals surface area contributed by atoms with Gasteiger partial charge in [-0.2, -0.15) is 0 Å². The lowest BCUT2D eigenvalue weighted by Crippen LogP contribution is -2.52. The molecule has 0 saturated heterocycles. The van der Waals surface area contributed by atoms with Crippen molar-refractivity contribution < 1.29 is 18.0 Å². The van der Waals surface area contributed by atoms with Crippen LogP contribution in [0.3, 0.4) is 0 Å². The lowest BCUT2D eigenvalue weighted by molar-refractivity contribution is -0.139. The van der Waals surface area contributed by atoms with Crippen LogP contribution >= 0.6 is 11.6 Å². The van der Waals surface area contributed by atoms with Gasteiger partial charge in [-0.1, -0.05) is 60.8 Å². The van der Waals surface area contributed by atoms with Crippen molar-refractivity contribution in [2.24, 2.45) is 0 Å². The number of para-hydroxylation sites is 1. The van der Waals surface area contributed by atoms with Gasteiger partial charge >= 0.3 is 0 Å². The second-order valence-corrected chi connectivity index (χ2v) is 11.1. The van der Waals surface area contributed by atoms with Crippen LogP contribution in [0.4, 0.5) is 5.69 Å². The highest BCUT2D eigenvalue weighted by atomic mass is 35.5. The van der Waals surface area contributed by atoms with Gasteiger partial charge in [0.15, 0.2) is 0 Å². The number of carbonyl (C=O) groups excluding carboxylic acids is 2. The zero-order valence-electron chi connectivity index (χ0n) is 19.8. The zero-order chi connectivity index (χ0) is 24.9. The Morgan fingerprint density at radius 3 is 2.32 bits per heavy atom. The molecule has 0 bridgehead atoms. The Balaban J connectivity index is 1.90. The van der Waals surface area contributed by atoms with E-state index in [0.717, 1.165) is 47.4 Å². The minimum absolute atomic E-state index is 0.112. The summed E-state index contributed by atoms with van der Waals surface area (Å²) in [6.45, 7) is 3.34. The van der Waals surface area contributed by atoms with E-state index in [2.05, 4.69) is 5.32 Å². The number of nitrogens with one attached hydrogen (secondary N) is 1. The lowest BCUT2D eigenvalue weighted by Gasteiger charge is -2.32. The van der Waals surface area contributed by atoms with Gasteiger partial charge in [-0.3, -0.25) is 13.9 Å². The van der Waals surface area contributed by atoms with Gasteiger partial charge in [-0.05, 0) is 49.9 Å². The first kappa shape index (κ1) is 26.0. The maximum Gasteiger partial charge on any atom is 0.244 e. The van der Waals surface area contributed by atoms with Crippen molar-refractivity contribution in [3.8, 4) is 0 Å². The van der Waals surface area contributed by atoms with Gasteiger partial charge in [0.05, 0.1) is 17.0 Å². The Bertz CT molecular complexity index is 1130. The fourth-order valence-electron chi connectivity index (χ4n) is 4.19. The summed E-state index contributed by atoms with van der Waals surface area (Å²) in [7, 11) is -3.81. The quantitative estimate of drug-likeness (QED) is 0.560. The summed E-state index contributed by atoms with van der Waals surface area (Å²) in [4.78, 5) is 28.1. The third kappa shape index (κ3) is 6.51. The number of aryl methyl sites for hydroxylation is 1. The van der Waals surface area contributed by atoms with E-state index in [1.54, 1.807) is 31.2 Å². The fourth-order valence-corrected chi connectivity index (χ4v) is 5.34. The highest BCUT2D eigenvalue weighted by Gasteiger charge is 2.32. The molecule has 0 aliphatic heterocycles. The van der Waals surface area contributed by atoms with Gasteiger partial charge in [0, 0.05) is 12.6 Å². The fraction of sp³-hybridized carbons (Fsp3) is 0.440. The van der Waals surface area contributed by atoms with Crippen LogP contribution in [0, 0.1) is 6.92 Å². The normalized spacial score (nSPS) is 15.1. The summed E-state index contributed by atoms with van der Waals surface area (Å²) in [5.41, 5.74) is 2.09. The summed E-state index contributed by atoms with van der Waals surface area (Å²) in [5, 5.41) is 3.27. The van der Waals surface area contributed by atoms with Crippen LogP contribution in [0.5, 0.6) is 0 Å². The molecular weight excluding hydrogens is 474 g/mol. The predicted molar refractivity (Wildman–Crippen MR) is 135 cm³/mol. The Morgan fingerprint density at radius 2 is 1.71 bits per heavy atom. The Morgan fingerprint density at radius 1 is 1.09 bits per heavy atom. The molecule has 3 rings (SSSR count). The number of halogens is 1. The van der Waals surface area contributed by atoms with E-state index in [0.29, 0.717) is 0 Å². The first-order chi connectivity index (χ1) is 16.1. The van der Waals surface area contributed by atoms with Crippen molar-refractivity contribution in [1.82, 2.24) is 10.2 Å². The molecule has 0 radical (unpaired) electrons. The number of anilines is 1. The summed E-state index contributed by atoms with van der Waals surface area (Å²) in [6.07, 6.45) is 5.04. The van der Waals surface area contributed by atoms with Gasteiger partial charge < -0.3 is 10.2 Å². The summed E-state index contributed by atoms with van der Waals surface area (Å²) < 4.78 is 26.2. The Kier molecular flexibility index (Phi) is 8.60. The first-order valence-electron chi connectivity index (χ1n) is 11.4. The maximum absolute atomic E-state index is 13.6. The summed E-state index contributed by atoms with van der Waals surface area (Å²) in [6, 6.07) is 13.4. The number of carbonyl (C=O) groups is 2. The van der Waals surface area contributed by atoms with Crippen molar-refractivity contribution in [2.45, 2.75) is 58.2 Å². The number of hydrogen-bond donors (Lipinski definition) is 1. The molecule has 0 heterocycles. The van der Waals surface area contributed by atoms with Gasteiger partial charge in [0.2, 0.25) is 21.8 Å². The maximum atomic E-state index is 13.6. The molecule has 9 heteroatoms. The number of hydrogen-bond acceptors (Lipinski definition) is 4. The monoisotopic (exact) mass is 505 g/mol. The molecular formula is C25H32ClN3O4S. The molecule has 1 fully saturated rings.